The second kappa shape index (κ2) is 10.7. The molecule has 3 rings (SSSR count). The number of nitriles is 1. The summed E-state index contributed by atoms with van der Waals surface area (Å²) in [7, 11) is 0. The average Bonchev–Trinajstić information content (AvgIpc) is 3.13. The average molecular weight is 470 g/mol. The van der Waals surface area contributed by atoms with Crippen LogP contribution in [0, 0.1) is 18.3 Å². The minimum atomic E-state index is -2.89. The highest BCUT2D eigenvalue weighted by Crippen LogP contribution is 2.23. The number of rotatable bonds is 8. The van der Waals surface area contributed by atoms with Crippen LogP contribution in [-0.4, -0.2) is 36.4 Å². The molecular formula is C22H21AlClF2N6. The summed E-state index contributed by atoms with van der Waals surface area (Å²) in [6.45, 7) is 5.97. The summed E-state index contributed by atoms with van der Waals surface area (Å²) >= 11 is 6.48. The summed E-state index contributed by atoms with van der Waals surface area (Å²) in [5.41, 5.74) is 1.71. The van der Waals surface area contributed by atoms with Gasteiger partial charge in [-0.05, 0) is 43.3 Å². The van der Waals surface area contributed by atoms with E-state index in [1.165, 1.54) is 10.7 Å². The maximum Gasteiger partial charge on any atom is 0.283 e. The number of aromatic nitrogens is 3. The first-order chi connectivity index (χ1) is 15.4. The molecule has 163 valence electrons. The topological polar surface area (TPSA) is 78.4 Å². The minimum Gasteiger partial charge on any atom is -0.362 e. The van der Waals surface area contributed by atoms with Gasteiger partial charge in [-0.15, -0.1) is 11.1 Å². The predicted molar refractivity (Wildman–Crippen MR) is 123 cm³/mol. The molecule has 1 radical (unpaired) electrons. The Morgan fingerprint density at radius 1 is 1.44 bits per heavy atom. The van der Waals surface area contributed by atoms with E-state index in [0.717, 1.165) is 23.0 Å². The van der Waals surface area contributed by atoms with E-state index in [9.17, 15) is 14.0 Å². The van der Waals surface area contributed by atoms with Gasteiger partial charge in [0.15, 0.2) is 26.4 Å². The van der Waals surface area contributed by atoms with Crippen molar-refractivity contribution in [2.24, 2.45) is 4.99 Å². The Hall–Kier alpha value is -2.78. The van der Waals surface area contributed by atoms with Gasteiger partial charge in [0.25, 0.3) is 6.43 Å². The summed E-state index contributed by atoms with van der Waals surface area (Å²) < 4.78 is 28.3. The molecule has 0 fully saturated rings. The fourth-order valence-corrected chi connectivity index (χ4v) is 4.04. The van der Waals surface area contributed by atoms with Gasteiger partial charge in [0.05, 0.1) is 5.69 Å². The third-order valence-electron chi connectivity index (χ3n) is 4.80. The maximum absolute atomic E-state index is 13.5. The quantitative estimate of drug-likeness (QED) is 0.398. The van der Waals surface area contributed by atoms with E-state index in [0.29, 0.717) is 43.2 Å². The van der Waals surface area contributed by atoms with Gasteiger partial charge in [-0.3, -0.25) is 4.99 Å². The molecule has 1 N–H and O–H groups in total. The molecule has 0 spiro atoms. The van der Waals surface area contributed by atoms with Crippen LogP contribution in [0.4, 0.5) is 14.5 Å². The van der Waals surface area contributed by atoms with Crippen molar-refractivity contribution in [3.63, 3.8) is 0 Å². The lowest BCUT2D eigenvalue weighted by Crippen LogP contribution is -2.36. The normalized spacial score (nSPS) is 12.4. The van der Waals surface area contributed by atoms with Gasteiger partial charge in [0.2, 0.25) is 0 Å². The number of aryl methyl sites for hydroxylation is 1. The molecule has 0 saturated carbocycles. The highest BCUT2D eigenvalue weighted by molar-refractivity contribution is 6.33. The van der Waals surface area contributed by atoms with E-state index in [1.807, 2.05) is 18.2 Å². The van der Waals surface area contributed by atoms with Crippen LogP contribution in [0.1, 0.15) is 35.4 Å². The monoisotopic (exact) mass is 469 g/mol. The minimum absolute atomic E-state index is 0.0814. The molecule has 0 saturated heterocycles. The summed E-state index contributed by atoms with van der Waals surface area (Å²) in [5, 5.41) is 18.8. The van der Waals surface area contributed by atoms with Crippen molar-refractivity contribution in [2.75, 3.05) is 11.9 Å². The summed E-state index contributed by atoms with van der Waals surface area (Å²) in [6.07, 6.45) is 1.38. The van der Waals surface area contributed by atoms with Crippen LogP contribution in [0.5, 0.6) is 0 Å². The summed E-state index contributed by atoms with van der Waals surface area (Å²) in [5.74, 6) is 2.17. The molecule has 3 aromatic rings. The lowest BCUT2D eigenvalue weighted by molar-refractivity contribution is 0.145. The largest absolute Gasteiger partial charge is 0.362 e. The van der Waals surface area contributed by atoms with Gasteiger partial charge < -0.3 is 5.32 Å². The zero-order valence-corrected chi connectivity index (χ0v) is 19.7. The van der Waals surface area contributed by atoms with Crippen LogP contribution in [-0.2, 0) is 0 Å². The Morgan fingerprint density at radius 3 is 2.88 bits per heavy atom. The number of hydrogen-bond acceptors (Lipinski definition) is 5. The molecule has 2 aromatic heterocycles. The zero-order valence-electron chi connectivity index (χ0n) is 17.7. The van der Waals surface area contributed by atoms with Crippen molar-refractivity contribution in [1.82, 2.24) is 14.6 Å². The van der Waals surface area contributed by atoms with Gasteiger partial charge in [0, 0.05) is 22.5 Å². The highest BCUT2D eigenvalue weighted by Gasteiger charge is 2.23. The second-order valence-corrected chi connectivity index (χ2v) is 8.83. The number of halogens is 3. The van der Waals surface area contributed by atoms with Crippen molar-refractivity contribution >= 4 is 44.2 Å². The van der Waals surface area contributed by atoms with Gasteiger partial charge in [-0.1, -0.05) is 24.2 Å². The molecule has 0 unspecified atom stereocenters. The van der Waals surface area contributed by atoms with Crippen LogP contribution in [0.2, 0.25) is 16.1 Å². The Balaban J connectivity index is 2.38. The molecule has 0 aliphatic heterocycles. The number of benzene rings is 1. The van der Waals surface area contributed by atoms with Crippen LogP contribution in [0.3, 0.4) is 0 Å². The van der Waals surface area contributed by atoms with Crippen LogP contribution >= 0.6 is 11.6 Å². The van der Waals surface area contributed by atoms with E-state index in [4.69, 9.17) is 16.6 Å². The Bertz CT molecular complexity index is 1310. The second-order valence-electron chi connectivity index (χ2n) is 7.00. The standard InChI is InChI=1S/C21H18ClF2N6.CH3.Al/c1-4-8-27-20-15(9-13-6-7-14(22)10-17(13)26-5-2)12(3)28-21-16(11-25)18(19(23)24)29-30(20)21;;/h5-7,9-10,19,26H,1-2,4,8H2,3H3;1H3;/b15-9+,27-20?;;. The molecule has 10 heteroatoms. The van der Waals surface area contributed by atoms with Crippen molar-refractivity contribution < 1.29 is 8.78 Å². The smallest absolute Gasteiger partial charge is 0.283 e. The first kappa shape index (κ1) is 23.9. The summed E-state index contributed by atoms with van der Waals surface area (Å²) in [4.78, 5) is 9.13. The van der Waals surface area contributed by atoms with Crippen LogP contribution < -0.4 is 16.0 Å². The Labute approximate surface area is 195 Å². The lowest BCUT2D eigenvalue weighted by atomic mass is 10.1. The lowest BCUT2D eigenvalue weighted by Gasteiger charge is -2.07. The molecule has 0 bridgehead atoms. The molecule has 0 atom stereocenters. The Morgan fingerprint density at radius 2 is 2.22 bits per heavy atom. The number of fused-ring (bicyclic) bond motifs is 1. The zero-order chi connectivity index (χ0) is 23.3. The molecular weight excluding hydrogens is 449 g/mol. The molecule has 0 amide bonds. The molecule has 0 aliphatic rings. The third-order valence-corrected chi connectivity index (χ3v) is 6.02. The number of nitrogens with one attached hydrogen (secondary N) is 1. The number of alkyl halides is 2. The first-order valence-corrected chi connectivity index (χ1v) is 12.3. The predicted octanol–water partition coefficient (Wildman–Crippen LogP) is 4.06. The molecule has 6 nitrogen and oxygen atoms in total. The van der Waals surface area contributed by atoms with E-state index in [1.54, 1.807) is 19.1 Å². The van der Waals surface area contributed by atoms with Crippen LogP contribution in [0.25, 0.3) is 11.7 Å². The van der Waals surface area contributed by atoms with Crippen molar-refractivity contribution in [3.8, 4) is 6.07 Å². The van der Waals surface area contributed by atoms with Crippen molar-refractivity contribution in [3.05, 3.63) is 69.2 Å². The van der Waals surface area contributed by atoms with Crippen molar-refractivity contribution in [1.29, 1.82) is 5.26 Å². The van der Waals surface area contributed by atoms with Gasteiger partial charge >= 0.3 is 0 Å². The van der Waals surface area contributed by atoms with E-state index in [-0.39, 0.29) is 11.2 Å². The van der Waals surface area contributed by atoms with E-state index >= 15 is 0 Å². The first-order valence-electron chi connectivity index (χ1n) is 9.99. The fourth-order valence-electron chi connectivity index (χ4n) is 3.28. The van der Waals surface area contributed by atoms with Crippen molar-refractivity contribution in [2.45, 2.75) is 30.8 Å². The molecule has 2 heterocycles. The van der Waals surface area contributed by atoms with Gasteiger partial charge in [-0.2, -0.15) is 14.9 Å². The number of hydrogen-bond donors (Lipinski definition) is 1. The highest BCUT2D eigenvalue weighted by atomic mass is 35.5. The fraction of sp³-hybridized carbons (Fsp3) is 0.273. The van der Waals surface area contributed by atoms with Gasteiger partial charge in [0.1, 0.15) is 17.3 Å². The number of anilines is 1. The molecule has 32 heavy (non-hydrogen) atoms. The molecule has 1 aromatic carbocycles. The SMILES string of the molecule is C=CNc1cc(Cl)ccc1/C=c1\c(C)nc2c(C#N)c(C(F)F)nn2c1=NCC[CH2][Al][CH3]. The summed E-state index contributed by atoms with van der Waals surface area (Å²) in [6, 6.07) is 7.16. The van der Waals surface area contributed by atoms with E-state index < -0.39 is 12.1 Å². The number of nitrogens with zero attached hydrogens (tertiary/aromatic N) is 5. The van der Waals surface area contributed by atoms with Crippen LogP contribution in [0.15, 0.2) is 36.0 Å². The van der Waals surface area contributed by atoms with E-state index in [2.05, 4.69) is 27.8 Å². The molecule has 0 aliphatic carbocycles. The maximum atomic E-state index is 13.5. The van der Waals surface area contributed by atoms with Gasteiger partial charge in [-0.25, -0.2) is 13.8 Å². The third kappa shape index (κ3) is 4.99. The Kier molecular flexibility index (Phi) is 7.98.